The van der Waals surface area contributed by atoms with Crippen LogP contribution in [0.15, 0.2) is 0 Å². The highest BCUT2D eigenvalue weighted by Gasteiger charge is 2.19. The molecule has 0 spiro atoms. The number of urea groups is 1. The molecule has 0 saturated carbocycles. The fraction of sp³-hybridized carbons (Fsp3) is 0.636. The molecule has 0 saturated heterocycles. The number of amides is 4. The molecular formula is C11H20N4O5. The van der Waals surface area contributed by atoms with Crippen LogP contribution in [0.25, 0.3) is 0 Å². The molecule has 0 unspecified atom stereocenters. The fourth-order valence-electron chi connectivity index (χ4n) is 1.32. The average Bonchev–Trinajstić information content (AvgIpc) is 2.09. The van der Waals surface area contributed by atoms with E-state index in [1.807, 2.05) is 5.32 Å². The van der Waals surface area contributed by atoms with Gasteiger partial charge in [0.25, 0.3) is 0 Å². The minimum absolute atomic E-state index is 0.388. The van der Waals surface area contributed by atoms with Crippen LogP contribution >= 0.6 is 0 Å². The van der Waals surface area contributed by atoms with Gasteiger partial charge in [0.15, 0.2) is 0 Å². The quantitative estimate of drug-likeness (QED) is 0.467. The number of carbonyl (C=O) groups is 4. The van der Waals surface area contributed by atoms with Crippen LogP contribution < -0.4 is 16.4 Å². The number of hydrogen-bond acceptors (Lipinski definition) is 5. The molecular weight excluding hydrogens is 268 g/mol. The minimum atomic E-state index is -1.21. The molecule has 9 nitrogen and oxygen atoms in total. The van der Waals surface area contributed by atoms with Crippen LogP contribution in [0.4, 0.5) is 4.79 Å². The summed E-state index contributed by atoms with van der Waals surface area (Å²) in [5.41, 5.74) is 4.43. The highest BCUT2D eigenvalue weighted by atomic mass is 16.4. The van der Waals surface area contributed by atoms with Gasteiger partial charge in [-0.15, -0.1) is 0 Å². The van der Waals surface area contributed by atoms with Crippen molar-refractivity contribution in [3.05, 3.63) is 0 Å². The number of primary amides is 1. The van der Waals surface area contributed by atoms with Gasteiger partial charge in [0.1, 0.15) is 0 Å². The molecule has 0 heterocycles. The number of imide groups is 1. The second-order valence-electron chi connectivity index (χ2n) is 5.26. The fourth-order valence-corrected chi connectivity index (χ4v) is 1.32. The number of hydrogen-bond donors (Lipinski definition) is 4. The second kappa shape index (κ2) is 7.43. The summed E-state index contributed by atoms with van der Waals surface area (Å²) in [4.78, 5) is 45.3. The SMILES string of the molecule is CC(C)(C)NC(=O)NC(=O)CN(CC(N)=O)CC(=O)O. The van der Waals surface area contributed by atoms with Crippen LogP contribution in [0.2, 0.25) is 0 Å². The van der Waals surface area contributed by atoms with Crippen LogP contribution in [0.1, 0.15) is 20.8 Å². The molecule has 0 atom stereocenters. The lowest BCUT2D eigenvalue weighted by molar-refractivity contribution is -0.139. The van der Waals surface area contributed by atoms with E-state index >= 15 is 0 Å². The van der Waals surface area contributed by atoms with Crippen LogP contribution in [0.5, 0.6) is 0 Å². The summed E-state index contributed by atoms with van der Waals surface area (Å²) in [6, 6.07) is -0.697. The first-order valence-electron chi connectivity index (χ1n) is 5.84. The number of nitrogens with zero attached hydrogens (tertiary/aromatic N) is 1. The Kier molecular flexibility index (Phi) is 6.63. The van der Waals surface area contributed by atoms with E-state index in [1.54, 1.807) is 20.8 Å². The van der Waals surface area contributed by atoms with Gasteiger partial charge in [-0.2, -0.15) is 0 Å². The molecule has 0 rings (SSSR count). The lowest BCUT2D eigenvalue weighted by Crippen LogP contribution is -2.51. The molecule has 0 aromatic heterocycles. The van der Waals surface area contributed by atoms with Crippen molar-refractivity contribution in [2.24, 2.45) is 5.73 Å². The van der Waals surface area contributed by atoms with Crippen molar-refractivity contribution in [2.45, 2.75) is 26.3 Å². The smallest absolute Gasteiger partial charge is 0.321 e. The van der Waals surface area contributed by atoms with Gasteiger partial charge in [-0.05, 0) is 20.8 Å². The molecule has 0 aliphatic heterocycles. The first-order chi connectivity index (χ1) is 8.99. The summed E-state index contributed by atoms with van der Waals surface area (Å²) < 4.78 is 0. The average molecular weight is 288 g/mol. The minimum Gasteiger partial charge on any atom is -0.480 e. The van der Waals surface area contributed by atoms with Gasteiger partial charge >= 0.3 is 12.0 Å². The first-order valence-corrected chi connectivity index (χ1v) is 5.84. The van der Waals surface area contributed by atoms with Crippen molar-refractivity contribution in [3.8, 4) is 0 Å². The van der Waals surface area contributed by atoms with Gasteiger partial charge in [-0.3, -0.25) is 24.6 Å². The third-order valence-corrected chi connectivity index (χ3v) is 1.85. The lowest BCUT2D eigenvalue weighted by Gasteiger charge is -2.21. The summed E-state index contributed by atoms with van der Waals surface area (Å²) >= 11 is 0. The number of nitrogens with two attached hydrogens (primary N) is 1. The molecule has 0 aliphatic rings. The predicted octanol–water partition coefficient (Wildman–Crippen LogP) is -1.52. The Labute approximate surface area is 116 Å². The largest absolute Gasteiger partial charge is 0.480 e. The number of carboxylic acid groups (broad SMARTS) is 1. The van der Waals surface area contributed by atoms with E-state index in [0.29, 0.717) is 0 Å². The van der Waals surface area contributed by atoms with Gasteiger partial charge in [0, 0.05) is 5.54 Å². The van der Waals surface area contributed by atoms with Gasteiger partial charge in [0.2, 0.25) is 11.8 Å². The van der Waals surface area contributed by atoms with Crippen LogP contribution in [-0.4, -0.2) is 59.0 Å². The highest BCUT2D eigenvalue weighted by molar-refractivity contribution is 5.95. The van der Waals surface area contributed by atoms with Crippen LogP contribution in [0, 0.1) is 0 Å². The maximum absolute atomic E-state index is 11.6. The van der Waals surface area contributed by atoms with Gasteiger partial charge in [-0.25, -0.2) is 4.79 Å². The standard InChI is InChI=1S/C11H20N4O5/c1-11(2,3)14-10(20)13-8(17)5-15(4-7(12)16)6-9(18)19/h4-6H2,1-3H3,(H2,12,16)(H,18,19)(H2,13,14,17,20). The highest BCUT2D eigenvalue weighted by Crippen LogP contribution is 1.97. The molecule has 20 heavy (non-hydrogen) atoms. The lowest BCUT2D eigenvalue weighted by atomic mass is 10.1. The molecule has 114 valence electrons. The summed E-state index contributed by atoms with van der Waals surface area (Å²) in [6.07, 6.45) is 0. The number of nitrogens with one attached hydrogen (secondary N) is 2. The molecule has 0 aromatic carbocycles. The molecule has 4 amide bonds. The van der Waals surface area contributed by atoms with Gasteiger partial charge in [0.05, 0.1) is 19.6 Å². The third kappa shape index (κ3) is 9.83. The summed E-state index contributed by atoms with van der Waals surface area (Å²) in [5.74, 6) is -2.70. The zero-order valence-corrected chi connectivity index (χ0v) is 11.7. The van der Waals surface area contributed by atoms with E-state index in [0.717, 1.165) is 4.90 Å². The van der Waals surface area contributed by atoms with E-state index in [4.69, 9.17) is 10.8 Å². The van der Waals surface area contributed by atoms with Crippen LogP contribution in [-0.2, 0) is 14.4 Å². The Morgan fingerprint density at radius 3 is 2.05 bits per heavy atom. The van der Waals surface area contributed by atoms with Gasteiger partial charge < -0.3 is 16.2 Å². The van der Waals surface area contributed by atoms with E-state index in [-0.39, 0.29) is 6.54 Å². The third-order valence-electron chi connectivity index (χ3n) is 1.85. The predicted molar refractivity (Wildman–Crippen MR) is 69.7 cm³/mol. The Morgan fingerprint density at radius 1 is 1.10 bits per heavy atom. The van der Waals surface area contributed by atoms with Crippen molar-refractivity contribution in [1.29, 1.82) is 0 Å². The maximum atomic E-state index is 11.6. The zero-order valence-electron chi connectivity index (χ0n) is 11.7. The topological polar surface area (TPSA) is 142 Å². The Hall–Kier alpha value is -2.16. The Morgan fingerprint density at radius 2 is 1.65 bits per heavy atom. The maximum Gasteiger partial charge on any atom is 0.321 e. The Balaban J connectivity index is 4.41. The molecule has 0 radical (unpaired) electrons. The first kappa shape index (κ1) is 17.8. The zero-order chi connectivity index (χ0) is 15.9. The molecule has 0 fully saturated rings. The monoisotopic (exact) mass is 288 g/mol. The van der Waals surface area contributed by atoms with Crippen LogP contribution in [0.3, 0.4) is 0 Å². The normalized spacial score (nSPS) is 11.0. The number of rotatable bonds is 6. The van der Waals surface area contributed by atoms with E-state index in [1.165, 1.54) is 0 Å². The van der Waals surface area contributed by atoms with E-state index in [2.05, 4.69) is 5.32 Å². The molecule has 0 bridgehead atoms. The van der Waals surface area contributed by atoms with Crippen molar-refractivity contribution < 1.29 is 24.3 Å². The number of carboxylic acids is 1. The van der Waals surface area contributed by atoms with Gasteiger partial charge in [-0.1, -0.05) is 0 Å². The second-order valence-corrected chi connectivity index (χ2v) is 5.26. The number of aliphatic carboxylic acids is 1. The molecule has 0 aromatic rings. The summed E-state index contributed by atoms with van der Waals surface area (Å²) in [6.45, 7) is 3.87. The number of carbonyl (C=O) groups excluding carboxylic acids is 3. The van der Waals surface area contributed by atoms with Crippen molar-refractivity contribution in [2.75, 3.05) is 19.6 Å². The van der Waals surface area contributed by atoms with E-state index < -0.39 is 42.4 Å². The Bertz CT molecular complexity index is 386. The van der Waals surface area contributed by atoms with Crippen molar-refractivity contribution >= 4 is 23.8 Å². The molecule has 0 aliphatic carbocycles. The van der Waals surface area contributed by atoms with Crippen molar-refractivity contribution in [1.82, 2.24) is 15.5 Å². The molecule has 9 heteroatoms. The van der Waals surface area contributed by atoms with E-state index in [9.17, 15) is 19.2 Å². The summed E-state index contributed by atoms with van der Waals surface area (Å²) in [5, 5.41) is 13.2. The molecule has 5 N–H and O–H groups in total. The van der Waals surface area contributed by atoms with Crippen molar-refractivity contribution in [3.63, 3.8) is 0 Å². The summed E-state index contributed by atoms with van der Waals surface area (Å²) in [7, 11) is 0.